The van der Waals surface area contributed by atoms with E-state index in [0.717, 1.165) is 11.3 Å². The third-order valence-corrected chi connectivity index (χ3v) is 2.79. The first-order valence-electron chi connectivity index (χ1n) is 6.15. The molecular weight excluding hydrogens is 214 g/mol. The summed E-state index contributed by atoms with van der Waals surface area (Å²) in [5, 5.41) is 0. The summed E-state index contributed by atoms with van der Waals surface area (Å²) >= 11 is 0. The molecule has 0 saturated carbocycles. The third-order valence-electron chi connectivity index (χ3n) is 2.79. The number of benzene rings is 1. The molecule has 1 unspecified atom stereocenters. The molecule has 0 heterocycles. The molecule has 0 saturated heterocycles. The Labute approximate surface area is 104 Å². The zero-order valence-corrected chi connectivity index (χ0v) is 11.2. The molecule has 0 amide bonds. The highest BCUT2D eigenvalue weighted by molar-refractivity contribution is 5.42. The van der Waals surface area contributed by atoms with Crippen molar-refractivity contribution in [2.75, 3.05) is 19.8 Å². The first-order valence-corrected chi connectivity index (χ1v) is 6.15. The first-order chi connectivity index (χ1) is 8.10. The van der Waals surface area contributed by atoms with Crippen LogP contribution in [0.2, 0.25) is 0 Å². The van der Waals surface area contributed by atoms with Crippen LogP contribution in [-0.2, 0) is 4.74 Å². The van der Waals surface area contributed by atoms with Gasteiger partial charge in [-0.05, 0) is 56.5 Å². The summed E-state index contributed by atoms with van der Waals surface area (Å²) in [5.41, 5.74) is 9.00. The fourth-order valence-electron chi connectivity index (χ4n) is 1.90. The minimum absolute atomic E-state index is 0.0768. The van der Waals surface area contributed by atoms with Crippen molar-refractivity contribution in [2.24, 2.45) is 5.73 Å². The van der Waals surface area contributed by atoms with Crippen molar-refractivity contribution in [2.45, 2.75) is 33.8 Å². The normalized spacial score (nSPS) is 12.5. The lowest BCUT2D eigenvalue weighted by molar-refractivity contribution is 0.0713. The van der Waals surface area contributed by atoms with E-state index < -0.39 is 0 Å². The van der Waals surface area contributed by atoms with Crippen LogP contribution in [0.15, 0.2) is 12.1 Å². The molecule has 0 spiro atoms. The van der Waals surface area contributed by atoms with Gasteiger partial charge >= 0.3 is 0 Å². The zero-order chi connectivity index (χ0) is 12.8. The van der Waals surface area contributed by atoms with Gasteiger partial charge in [-0.3, -0.25) is 0 Å². The van der Waals surface area contributed by atoms with Crippen molar-refractivity contribution in [1.82, 2.24) is 0 Å². The zero-order valence-electron chi connectivity index (χ0n) is 11.2. The maximum absolute atomic E-state index is 5.65. The van der Waals surface area contributed by atoms with Crippen molar-refractivity contribution < 1.29 is 9.47 Å². The van der Waals surface area contributed by atoms with Crippen molar-refractivity contribution in [3.05, 3.63) is 28.8 Å². The van der Waals surface area contributed by atoms with Crippen molar-refractivity contribution in [3.63, 3.8) is 0 Å². The van der Waals surface area contributed by atoms with E-state index in [0.29, 0.717) is 19.8 Å². The Hall–Kier alpha value is -1.06. The lowest BCUT2D eigenvalue weighted by Gasteiger charge is -2.18. The quantitative estimate of drug-likeness (QED) is 0.827. The van der Waals surface area contributed by atoms with Crippen molar-refractivity contribution in [1.29, 1.82) is 0 Å². The molecule has 0 aliphatic rings. The minimum atomic E-state index is 0.0768. The highest BCUT2D eigenvalue weighted by Gasteiger charge is 2.11. The van der Waals surface area contributed by atoms with E-state index in [1.54, 1.807) is 0 Å². The lowest BCUT2D eigenvalue weighted by atomic mass is 10.0. The summed E-state index contributed by atoms with van der Waals surface area (Å²) in [4.78, 5) is 0. The van der Waals surface area contributed by atoms with Crippen LogP contribution in [0.25, 0.3) is 0 Å². The summed E-state index contributed by atoms with van der Waals surface area (Å²) in [5.74, 6) is 0.958. The highest BCUT2D eigenvalue weighted by Crippen LogP contribution is 2.28. The minimum Gasteiger partial charge on any atom is -0.494 e. The average molecular weight is 237 g/mol. The molecule has 0 aliphatic heterocycles. The second-order valence-corrected chi connectivity index (χ2v) is 4.21. The summed E-state index contributed by atoms with van der Waals surface area (Å²) < 4.78 is 11.2. The van der Waals surface area contributed by atoms with Crippen LogP contribution in [0.3, 0.4) is 0 Å². The van der Waals surface area contributed by atoms with Gasteiger partial charge in [-0.15, -0.1) is 0 Å². The van der Waals surface area contributed by atoms with Crippen LogP contribution in [0.1, 0.15) is 36.6 Å². The predicted molar refractivity (Wildman–Crippen MR) is 70.5 cm³/mol. The standard InChI is InChI=1S/C14H23NO2/c1-5-16-14-9-10(2)13(8-11(14)3)12(4)17-7-6-15/h8-9,12H,5-7,15H2,1-4H3. The Balaban J connectivity index is 2.90. The van der Waals surface area contributed by atoms with Gasteiger partial charge in [0.2, 0.25) is 0 Å². The van der Waals surface area contributed by atoms with Crippen LogP contribution in [0, 0.1) is 13.8 Å². The largest absolute Gasteiger partial charge is 0.494 e. The molecular formula is C14H23NO2. The molecule has 17 heavy (non-hydrogen) atoms. The van der Waals surface area contributed by atoms with Crippen LogP contribution in [-0.4, -0.2) is 19.8 Å². The van der Waals surface area contributed by atoms with Crippen LogP contribution in [0.4, 0.5) is 0 Å². The van der Waals surface area contributed by atoms with Gasteiger partial charge in [0.1, 0.15) is 5.75 Å². The van der Waals surface area contributed by atoms with E-state index in [-0.39, 0.29) is 6.10 Å². The Morgan fingerprint density at radius 1 is 1.24 bits per heavy atom. The van der Waals surface area contributed by atoms with E-state index >= 15 is 0 Å². The van der Waals surface area contributed by atoms with Gasteiger partial charge in [0.25, 0.3) is 0 Å². The number of rotatable bonds is 6. The fraction of sp³-hybridized carbons (Fsp3) is 0.571. The molecule has 0 aromatic heterocycles. The second kappa shape index (κ2) is 6.62. The monoisotopic (exact) mass is 237 g/mol. The lowest BCUT2D eigenvalue weighted by Crippen LogP contribution is -2.12. The number of ether oxygens (including phenoxy) is 2. The molecule has 1 aromatic carbocycles. The summed E-state index contributed by atoms with van der Waals surface area (Å²) in [6.07, 6.45) is 0.0768. The molecule has 1 atom stereocenters. The SMILES string of the molecule is CCOc1cc(C)c(C(C)OCCN)cc1C. The molecule has 0 radical (unpaired) electrons. The van der Waals surface area contributed by atoms with Crippen molar-refractivity contribution >= 4 is 0 Å². The second-order valence-electron chi connectivity index (χ2n) is 4.21. The molecule has 0 bridgehead atoms. The maximum atomic E-state index is 5.65. The van der Waals surface area contributed by atoms with E-state index in [9.17, 15) is 0 Å². The fourth-order valence-corrected chi connectivity index (χ4v) is 1.90. The van der Waals surface area contributed by atoms with E-state index in [1.165, 1.54) is 11.1 Å². The number of hydrogen-bond donors (Lipinski definition) is 1. The number of aryl methyl sites for hydroxylation is 2. The predicted octanol–water partition coefficient (Wildman–Crippen LogP) is 2.74. The van der Waals surface area contributed by atoms with E-state index in [2.05, 4.69) is 32.9 Å². The van der Waals surface area contributed by atoms with E-state index in [4.69, 9.17) is 15.2 Å². The van der Waals surface area contributed by atoms with Gasteiger partial charge in [-0.2, -0.15) is 0 Å². The number of nitrogens with two attached hydrogens (primary N) is 1. The molecule has 3 heteroatoms. The summed E-state index contributed by atoms with van der Waals surface area (Å²) in [6.45, 7) is 10.0. The van der Waals surface area contributed by atoms with Crippen molar-refractivity contribution in [3.8, 4) is 5.75 Å². The number of hydrogen-bond acceptors (Lipinski definition) is 3. The molecule has 0 aliphatic carbocycles. The van der Waals surface area contributed by atoms with Gasteiger partial charge in [0.15, 0.2) is 0 Å². The molecule has 96 valence electrons. The topological polar surface area (TPSA) is 44.5 Å². The van der Waals surface area contributed by atoms with Gasteiger partial charge in [0, 0.05) is 6.54 Å². The Morgan fingerprint density at radius 2 is 1.94 bits per heavy atom. The van der Waals surface area contributed by atoms with E-state index in [1.807, 2.05) is 6.92 Å². The third kappa shape index (κ3) is 3.72. The Morgan fingerprint density at radius 3 is 2.53 bits per heavy atom. The van der Waals surface area contributed by atoms with Crippen LogP contribution in [0.5, 0.6) is 5.75 Å². The first kappa shape index (κ1) is 14.0. The molecule has 2 N–H and O–H groups in total. The molecule has 1 aromatic rings. The summed E-state index contributed by atoms with van der Waals surface area (Å²) in [6, 6.07) is 4.22. The maximum Gasteiger partial charge on any atom is 0.122 e. The molecule has 1 rings (SSSR count). The average Bonchev–Trinajstić information content (AvgIpc) is 2.30. The van der Waals surface area contributed by atoms with Gasteiger partial charge in [0.05, 0.1) is 19.3 Å². The Bertz CT molecular complexity index is 363. The van der Waals surface area contributed by atoms with Gasteiger partial charge in [-0.25, -0.2) is 0 Å². The van der Waals surface area contributed by atoms with Gasteiger partial charge < -0.3 is 15.2 Å². The highest BCUT2D eigenvalue weighted by atomic mass is 16.5. The van der Waals surface area contributed by atoms with Gasteiger partial charge in [-0.1, -0.05) is 0 Å². The van der Waals surface area contributed by atoms with Crippen LogP contribution >= 0.6 is 0 Å². The molecule has 0 fully saturated rings. The Kier molecular flexibility index (Phi) is 5.45. The smallest absolute Gasteiger partial charge is 0.122 e. The molecule has 3 nitrogen and oxygen atoms in total. The van der Waals surface area contributed by atoms with Crippen LogP contribution < -0.4 is 10.5 Å². The summed E-state index contributed by atoms with van der Waals surface area (Å²) in [7, 11) is 0.